The van der Waals surface area contributed by atoms with E-state index in [0.29, 0.717) is 30.7 Å². The van der Waals surface area contributed by atoms with Crippen molar-refractivity contribution in [1.29, 1.82) is 5.26 Å². The van der Waals surface area contributed by atoms with Crippen molar-refractivity contribution < 1.29 is 32.8 Å². The van der Waals surface area contributed by atoms with Gasteiger partial charge in [0.2, 0.25) is 17.9 Å². The second-order valence-electron chi connectivity index (χ2n) is 9.91. The van der Waals surface area contributed by atoms with Gasteiger partial charge in [0.15, 0.2) is 5.69 Å². The molecule has 3 rings (SSSR count). The number of rotatable bonds is 11. The number of piperidine rings is 1. The van der Waals surface area contributed by atoms with E-state index >= 15 is 0 Å². The summed E-state index contributed by atoms with van der Waals surface area (Å²) in [5.74, 6) is -2.23. The Hall–Kier alpha value is -4.47. The third kappa shape index (κ3) is 8.79. The van der Waals surface area contributed by atoms with Gasteiger partial charge < -0.3 is 30.5 Å². The number of ether oxygens (including phenoxy) is 1. The number of halogens is 1. The van der Waals surface area contributed by atoms with E-state index in [1.165, 1.54) is 30.3 Å². The van der Waals surface area contributed by atoms with Crippen molar-refractivity contribution in [3.05, 3.63) is 53.2 Å². The first kappa shape index (κ1) is 30.1. The predicted molar refractivity (Wildman–Crippen MR) is 139 cm³/mol. The zero-order valence-corrected chi connectivity index (χ0v) is 22.5. The Labute approximate surface area is 231 Å². The van der Waals surface area contributed by atoms with Gasteiger partial charge in [-0.3, -0.25) is 14.4 Å². The van der Waals surface area contributed by atoms with Gasteiger partial charge in [-0.2, -0.15) is 5.26 Å². The minimum atomic E-state index is -1.43. The summed E-state index contributed by atoms with van der Waals surface area (Å²) in [7, 11) is 0. The molecule has 2 aromatic rings. The molecule has 1 aliphatic heterocycles. The highest BCUT2D eigenvalue weighted by Gasteiger charge is 2.35. The largest absolute Gasteiger partial charge is 0.429 e. The quantitative estimate of drug-likeness (QED) is 0.324. The molecule has 13 heteroatoms. The molecular weight excluding hydrogens is 523 g/mol. The zero-order chi connectivity index (χ0) is 29.2. The summed E-state index contributed by atoms with van der Waals surface area (Å²) in [5, 5.41) is 24.1. The molecule has 12 nitrogen and oxygen atoms in total. The molecule has 4 N–H and O–H groups in total. The van der Waals surface area contributed by atoms with Crippen LogP contribution < -0.4 is 21.3 Å². The Morgan fingerprint density at radius 1 is 1.23 bits per heavy atom. The van der Waals surface area contributed by atoms with E-state index in [1.54, 1.807) is 20.8 Å². The molecule has 0 aliphatic carbocycles. The number of amides is 4. The second kappa shape index (κ2) is 14.1. The summed E-state index contributed by atoms with van der Waals surface area (Å²) < 4.78 is 23.7. The third-order valence-corrected chi connectivity index (χ3v) is 6.23. The number of carbonyl (C=O) groups excluding carboxylic acids is 4. The maximum Gasteiger partial charge on any atom is 0.408 e. The van der Waals surface area contributed by atoms with E-state index in [4.69, 9.17) is 9.26 Å². The fourth-order valence-corrected chi connectivity index (χ4v) is 4.26. The molecule has 214 valence electrons. The van der Waals surface area contributed by atoms with Crippen LogP contribution in [-0.4, -0.2) is 59.7 Å². The number of carbonyl (C=O) groups is 4. The van der Waals surface area contributed by atoms with Crippen LogP contribution in [0.1, 0.15) is 54.9 Å². The third-order valence-electron chi connectivity index (χ3n) is 6.23. The van der Waals surface area contributed by atoms with Crippen molar-refractivity contribution >= 4 is 23.8 Å². The van der Waals surface area contributed by atoms with E-state index in [-0.39, 0.29) is 30.5 Å². The summed E-state index contributed by atoms with van der Waals surface area (Å²) in [6.45, 7) is 5.56. The smallest absolute Gasteiger partial charge is 0.408 e. The van der Waals surface area contributed by atoms with Crippen LogP contribution in [0.2, 0.25) is 0 Å². The van der Waals surface area contributed by atoms with Gasteiger partial charge in [-0.1, -0.05) is 17.3 Å². The molecule has 2 heterocycles. The molecule has 4 amide bonds. The molecule has 1 aromatic carbocycles. The van der Waals surface area contributed by atoms with Gasteiger partial charge in [-0.15, -0.1) is 0 Å². The Morgan fingerprint density at radius 2 is 1.95 bits per heavy atom. The summed E-state index contributed by atoms with van der Waals surface area (Å²) >= 11 is 0. The first-order chi connectivity index (χ1) is 19.0. The van der Waals surface area contributed by atoms with Crippen LogP contribution in [0, 0.1) is 30.0 Å². The molecule has 0 unspecified atom stereocenters. The Kier molecular flexibility index (Phi) is 10.6. The highest BCUT2D eigenvalue weighted by Crippen LogP contribution is 2.20. The van der Waals surface area contributed by atoms with E-state index in [2.05, 4.69) is 26.4 Å². The number of nitrogens with one attached hydrogen (secondary N) is 4. The predicted octanol–water partition coefficient (Wildman–Crippen LogP) is 1.89. The normalized spacial score (nSPS) is 17.1. The number of nitrogens with zero attached hydrogens (tertiary/aromatic N) is 2. The highest BCUT2D eigenvalue weighted by molar-refractivity contribution is 5.96. The Bertz CT molecular complexity index is 1240. The van der Waals surface area contributed by atoms with Gasteiger partial charge in [0, 0.05) is 31.0 Å². The topological polar surface area (TPSA) is 175 Å². The minimum Gasteiger partial charge on any atom is -0.429 e. The summed E-state index contributed by atoms with van der Waals surface area (Å²) in [4.78, 5) is 51.2. The number of aryl methyl sites for hydroxylation is 1. The maximum absolute atomic E-state index is 13.6. The van der Waals surface area contributed by atoms with Crippen molar-refractivity contribution in [2.24, 2.45) is 5.92 Å². The fraction of sp³-hybridized carbons (Fsp3) is 0.481. The van der Waals surface area contributed by atoms with Crippen molar-refractivity contribution in [2.45, 2.75) is 70.7 Å². The van der Waals surface area contributed by atoms with E-state index < -0.39 is 47.8 Å². The summed E-state index contributed by atoms with van der Waals surface area (Å²) in [5.41, 5.74) is 0.499. The van der Waals surface area contributed by atoms with Gasteiger partial charge >= 0.3 is 6.09 Å². The van der Waals surface area contributed by atoms with E-state index in [0.717, 1.165) is 0 Å². The standard InChI is InChI=1S/C27H33FN6O6/c1-15(2)31-27(38)39-23(14-29)20(13-18-5-4-10-30-24(18)35)32-25(36)21(12-17-6-8-19(28)9-7-17)33-26(37)22-11-16(3)40-34-22/h6-9,11,15,18,20-21,23H,4-5,10,12-13H2,1-3H3,(H,30,35)(H,31,38)(H,32,36)(H,33,37)/t18-,20-,21-,23+/m0/s1. The van der Waals surface area contributed by atoms with Crippen LogP contribution in [0.4, 0.5) is 9.18 Å². The lowest BCUT2D eigenvalue weighted by atomic mass is 9.89. The van der Waals surface area contributed by atoms with Gasteiger partial charge in [-0.05, 0) is 57.7 Å². The van der Waals surface area contributed by atoms with Crippen molar-refractivity contribution in [2.75, 3.05) is 6.54 Å². The number of aromatic nitrogens is 1. The van der Waals surface area contributed by atoms with Gasteiger partial charge in [-0.25, -0.2) is 9.18 Å². The van der Waals surface area contributed by atoms with E-state index in [1.807, 2.05) is 6.07 Å². The fourth-order valence-electron chi connectivity index (χ4n) is 4.26. The van der Waals surface area contributed by atoms with Crippen LogP contribution >= 0.6 is 0 Å². The molecule has 1 aliphatic rings. The van der Waals surface area contributed by atoms with Gasteiger partial charge in [0.05, 0.1) is 6.04 Å². The molecule has 0 radical (unpaired) electrons. The molecule has 1 fully saturated rings. The molecular formula is C27H33FN6O6. The SMILES string of the molecule is Cc1cc(C(=O)N[C@@H](Cc2ccc(F)cc2)C(=O)N[C@@H](C[C@@H]2CCCNC2=O)[C@@H](C#N)OC(=O)NC(C)C)no1. The monoisotopic (exact) mass is 556 g/mol. The number of hydrogen-bond acceptors (Lipinski definition) is 8. The molecule has 40 heavy (non-hydrogen) atoms. The van der Waals surface area contributed by atoms with E-state index in [9.17, 15) is 28.8 Å². The zero-order valence-electron chi connectivity index (χ0n) is 22.5. The first-order valence-electron chi connectivity index (χ1n) is 13.0. The average Bonchev–Trinajstić information content (AvgIpc) is 3.35. The van der Waals surface area contributed by atoms with Crippen molar-refractivity contribution in [1.82, 2.24) is 26.4 Å². The lowest BCUT2D eigenvalue weighted by Gasteiger charge is -2.30. The first-order valence-corrected chi connectivity index (χ1v) is 13.0. The number of alkyl carbamates (subject to hydrolysis) is 1. The number of benzene rings is 1. The van der Waals surface area contributed by atoms with Crippen molar-refractivity contribution in [3.8, 4) is 6.07 Å². The van der Waals surface area contributed by atoms with Gasteiger partial charge in [0.1, 0.15) is 23.7 Å². The average molecular weight is 557 g/mol. The molecule has 4 atom stereocenters. The molecule has 0 saturated carbocycles. The molecule has 0 bridgehead atoms. The lowest BCUT2D eigenvalue weighted by molar-refractivity contribution is -0.129. The Balaban J connectivity index is 1.85. The van der Waals surface area contributed by atoms with Crippen LogP contribution in [-0.2, 0) is 20.7 Å². The minimum absolute atomic E-state index is 0.0183. The van der Waals surface area contributed by atoms with Crippen molar-refractivity contribution in [3.63, 3.8) is 0 Å². The summed E-state index contributed by atoms with van der Waals surface area (Å²) in [6.07, 6.45) is -1.06. The van der Waals surface area contributed by atoms with Crippen LogP contribution in [0.25, 0.3) is 0 Å². The molecule has 1 aromatic heterocycles. The maximum atomic E-state index is 13.6. The Morgan fingerprint density at radius 3 is 2.55 bits per heavy atom. The number of nitriles is 1. The highest BCUT2D eigenvalue weighted by atomic mass is 19.1. The lowest BCUT2D eigenvalue weighted by Crippen LogP contribution is -2.55. The van der Waals surface area contributed by atoms with Crippen LogP contribution in [0.5, 0.6) is 0 Å². The molecule has 1 saturated heterocycles. The molecule has 0 spiro atoms. The second-order valence-corrected chi connectivity index (χ2v) is 9.91. The number of hydrogen-bond donors (Lipinski definition) is 4. The van der Waals surface area contributed by atoms with Crippen LogP contribution in [0.3, 0.4) is 0 Å². The van der Waals surface area contributed by atoms with Crippen LogP contribution in [0.15, 0.2) is 34.9 Å². The van der Waals surface area contributed by atoms with Gasteiger partial charge in [0.25, 0.3) is 5.91 Å². The summed E-state index contributed by atoms with van der Waals surface area (Å²) in [6, 6.07) is 6.17.